The molecular weight excluding hydrogens is 414 g/mol. The van der Waals surface area contributed by atoms with Gasteiger partial charge in [0.1, 0.15) is 0 Å². The van der Waals surface area contributed by atoms with Crippen LogP contribution in [0.25, 0.3) is 11.1 Å². The molecule has 0 atom stereocenters. The molecule has 0 saturated heterocycles. The van der Waals surface area contributed by atoms with Crippen molar-refractivity contribution in [2.24, 2.45) is 7.05 Å². The first kappa shape index (κ1) is 20.5. The number of hydrogen-bond acceptors (Lipinski definition) is 6. The average Bonchev–Trinajstić information content (AvgIpc) is 3.19. The second-order valence-electron chi connectivity index (χ2n) is 6.94. The molecule has 4 rings (SSSR count). The highest BCUT2D eigenvalue weighted by molar-refractivity contribution is 6.30. The Hall–Kier alpha value is -3.78. The molecule has 0 spiro atoms. The topological polar surface area (TPSA) is 97.6 Å². The molecule has 0 fully saturated rings. The molecule has 8 nitrogen and oxygen atoms in total. The molecule has 0 bridgehead atoms. The number of nitrogens with one attached hydrogen (secondary N) is 2. The predicted octanol–water partition coefficient (Wildman–Crippen LogP) is 3.53. The van der Waals surface area contributed by atoms with Crippen molar-refractivity contribution >= 4 is 29.1 Å². The van der Waals surface area contributed by atoms with Crippen LogP contribution >= 0.6 is 11.6 Å². The lowest BCUT2D eigenvalue weighted by molar-refractivity contribution is -0.120. The van der Waals surface area contributed by atoms with Crippen LogP contribution in [0.15, 0.2) is 67.4 Å². The number of anilines is 2. The van der Waals surface area contributed by atoms with Crippen molar-refractivity contribution in [3.8, 4) is 11.1 Å². The summed E-state index contributed by atoms with van der Waals surface area (Å²) in [5.74, 6) is 0.430. The average molecular weight is 434 g/mol. The van der Waals surface area contributed by atoms with Crippen molar-refractivity contribution in [2.45, 2.75) is 13.0 Å². The van der Waals surface area contributed by atoms with Crippen LogP contribution in [0.3, 0.4) is 0 Å². The molecule has 9 heteroatoms. The van der Waals surface area contributed by atoms with E-state index >= 15 is 0 Å². The van der Waals surface area contributed by atoms with Gasteiger partial charge in [-0.3, -0.25) is 14.5 Å². The molecule has 2 N–H and O–H groups in total. The number of aryl methyl sites for hydroxylation is 1. The van der Waals surface area contributed by atoms with Gasteiger partial charge in [-0.05, 0) is 23.3 Å². The van der Waals surface area contributed by atoms with E-state index < -0.39 is 0 Å². The van der Waals surface area contributed by atoms with Gasteiger partial charge < -0.3 is 10.6 Å². The van der Waals surface area contributed by atoms with Gasteiger partial charge >= 0.3 is 0 Å². The van der Waals surface area contributed by atoms with E-state index in [-0.39, 0.29) is 5.91 Å². The SMILES string of the molecule is Cn1cc(Nc2ncc(-c3ccc(CC(=O)NCc4ccc(Cl)cn4)cc3)cn2)cn1. The molecule has 3 heterocycles. The maximum absolute atomic E-state index is 12.2. The van der Waals surface area contributed by atoms with Gasteiger partial charge in [0.05, 0.1) is 35.6 Å². The highest BCUT2D eigenvalue weighted by atomic mass is 35.5. The smallest absolute Gasteiger partial charge is 0.227 e. The van der Waals surface area contributed by atoms with Crippen molar-refractivity contribution in [2.75, 3.05) is 5.32 Å². The van der Waals surface area contributed by atoms with Crippen LogP contribution < -0.4 is 10.6 Å². The summed E-state index contributed by atoms with van der Waals surface area (Å²) in [5.41, 5.74) is 4.37. The van der Waals surface area contributed by atoms with E-state index in [1.165, 1.54) is 0 Å². The van der Waals surface area contributed by atoms with Gasteiger partial charge in [-0.15, -0.1) is 0 Å². The van der Waals surface area contributed by atoms with Crippen LogP contribution in [0.5, 0.6) is 0 Å². The Morgan fingerprint density at radius 1 is 0.968 bits per heavy atom. The quantitative estimate of drug-likeness (QED) is 0.462. The van der Waals surface area contributed by atoms with E-state index in [9.17, 15) is 4.79 Å². The Bertz CT molecular complexity index is 1160. The van der Waals surface area contributed by atoms with Crippen LogP contribution in [0.2, 0.25) is 5.02 Å². The maximum Gasteiger partial charge on any atom is 0.227 e. The minimum Gasteiger partial charge on any atom is -0.350 e. The second kappa shape index (κ2) is 9.36. The third-order valence-electron chi connectivity index (χ3n) is 4.52. The van der Waals surface area contributed by atoms with Crippen molar-refractivity contribution in [1.82, 2.24) is 30.0 Å². The predicted molar refractivity (Wildman–Crippen MR) is 119 cm³/mol. The number of hydrogen-bond donors (Lipinski definition) is 2. The molecule has 3 aromatic heterocycles. The second-order valence-corrected chi connectivity index (χ2v) is 7.38. The molecule has 0 aliphatic rings. The number of amides is 1. The van der Waals surface area contributed by atoms with Gasteiger partial charge in [0, 0.05) is 37.4 Å². The Kier molecular flexibility index (Phi) is 6.18. The van der Waals surface area contributed by atoms with Crippen LogP contribution in [-0.2, 0) is 24.8 Å². The van der Waals surface area contributed by atoms with Crippen molar-refractivity contribution < 1.29 is 4.79 Å². The number of aromatic nitrogens is 5. The molecular formula is C22H20ClN7O. The van der Waals surface area contributed by atoms with Crippen LogP contribution in [0, 0.1) is 0 Å². The Labute approximate surface area is 184 Å². The van der Waals surface area contributed by atoms with E-state index in [0.717, 1.165) is 28.1 Å². The fourth-order valence-electron chi connectivity index (χ4n) is 2.92. The lowest BCUT2D eigenvalue weighted by atomic mass is 10.1. The number of benzene rings is 1. The summed E-state index contributed by atoms with van der Waals surface area (Å²) in [7, 11) is 1.85. The summed E-state index contributed by atoms with van der Waals surface area (Å²) in [5, 5.41) is 10.6. The molecule has 0 aliphatic heterocycles. The first-order valence-electron chi connectivity index (χ1n) is 9.59. The molecule has 31 heavy (non-hydrogen) atoms. The first-order valence-corrected chi connectivity index (χ1v) is 9.97. The Morgan fingerprint density at radius 3 is 2.39 bits per heavy atom. The molecule has 0 radical (unpaired) electrons. The number of pyridine rings is 1. The van der Waals surface area contributed by atoms with Gasteiger partial charge in [0.15, 0.2) is 0 Å². The highest BCUT2D eigenvalue weighted by Crippen LogP contribution is 2.20. The highest BCUT2D eigenvalue weighted by Gasteiger charge is 2.06. The minimum absolute atomic E-state index is 0.0707. The van der Waals surface area contributed by atoms with Crippen LogP contribution in [0.1, 0.15) is 11.3 Å². The summed E-state index contributed by atoms with van der Waals surface area (Å²) in [4.78, 5) is 25.1. The molecule has 1 amide bonds. The Balaban J connectivity index is 1.32. The minimum atomic E-state index is -0.0707. The van der Waals surface area contributed by atoms with Gasteiger partial charge in [-0.1, -0.05) is 35.9 Å². The summed E-state index contributed by atoms with van der Waals surface area (Å²) in [6.07, 6.45) is 8.92. The molecule has 156 valence electrons. The number of carbonyl (C=O) groups excluding carboxylic acids is 1. The van der Waals surface area contributed by atoms with E-state index in [1.54, 1.807) is 41.6 Å². The molecule has 0 unspecified atom stereocenters. The van der Waals surface area contributed by atoms with Crippen molar-refractivity contribution in [3.63, 3.8) is 0 Å². The Morgan fingerprint density at radius 2 is 1.74 bits per heavy atom. The van der Waals surface area contributed by atoms with Gasteiger partial charge in [-0.25, -0.2) is 9.97 Å². The van der Waals surface area contributed by atoms with Crippen LogP contribution in [0.4, 0.5) is 11.6 Å². The van der Waals surface area contributed by atoms with E-state index in [1.807, 2.05) is 37.5 Å². The number of carbonyl (C=O) groups is 1. The zero-order chi connectivity index (χ0) is 21.6. The lowest BCUT2D eigenvalue weighted by Crippen LogP contribution is -2.24. The van der Waals surface area contributed by atoms with Gasteiger partial charge in [0.25, 0.3) is 0 Å². The van der Waals surface area contributed by atoms with E-state index in [4.69, 9.17) is 11.6 Å². The third-order valence-corrected chi connectivity index (χ3v) is 4.74. The number of rotatable bonds is 7. The lowest BCUT2D eigenvalue weighted by Gasteiger charge is -2.07. The number of halogens is 1. The van der Waals surface area contributed by atoms with Crippen molar-refractivity contribution in [1.29, 1.82) is 0 Å². The van der Waals surface area contributed by atoms with Crippen LogP contribution in [-0.4, -0.2) is 30.6 Å². The monoisotopic (exact) mass is 433 g/mol. The standard InChI is InChI=1S/C22H20ClN7O/c1-30-14-20(13-28-30)29-22-26-9-17(10-27-22)16-4-2-15(3-5-16)8-21(31)25-12-19-7-6-18(23)11-24-19/h2-7,9-11,13-14H,8,12H2,1H3,(H,25,31)(H,26,27,29). The summed E-state index contributed by atoms with van der Waals surface area (Å²) in [6.45, 7) is 0.366. The largest absolute Gasteiger partial charge is 0.350 e. The fraction of sp³-hybridized carbons (Fsp3) is 0.136. The number of nitrogens with zero attached hydrogens (tertiary/aromatic N) is 5. The fourth-order valence-corrected chi connectivity index (χ4v) is 3.03. The van der Waals surface area contributed by atoms with Crippen molar-refractivity contribution in [3.05, 3.63) is 83.7 Å². The van der Waals surface area contributed by atoms with E-state index in [0.29, 0.717) is 23.9 Å². The zero-order valence-corrected chi connectivity index (χ0v) is 17.5. The zero-order valence-electron chi connectivity index (χ0n) is 16.8. The maximum atomic E-state index is 12.2. The normalized spacial score (nSPS) is 10.6. The molecule has 0 saturated carbocycles. The summed E-state index contributed by atoms with van der Waals surface area (Å²) < 4.78 is 1.70. The first-order chi connectivity index (χ1) is 15.0. The third kappa shape index (κ3) is 5.64. The molecule has 0 aliphatic carbocycles. The molecule has 1 aromatic carbocycles. The van der Waals surface area contributed by atoms with E-state index in [2.05, 4.69) is 30.7 Å². The summed E-state index contributed by atoms with van der Waals surface area (Å²) in [6, 6.07) is 11.3. The summed E-state index contributed by atoms with van der Waals surface area (Å²) >= 11 is 5.82. The van der Waals surface area contributed by atoms with Gasteiger partial charge in [0.2, 0.25) is 11.9 Å². The molecule has 4 aromatic rings. The van der Waals surface area contributed by atoms with Gasteiger partial charge in [-0.2, -0.15) is 5.10 Å².